The number of aliphatic hydroxyl groups excluding tert-OH is 1. The average molecular weight is 922 g/mol. The molecule has 0 unspecified atom stereocenters. The zero-order chi connectivity index (χ0) is 49.6. The molecule has 0 radical (unpaired) electrons. The number of methoxy groups -OCH3 is 2. The summed E-state index contributed by atoms with van der Waals surface area (Å²) < 4.78 is 17.6. The molecule has 370 valence electrons. The van der Waals surface area contributed by atoms with Gasteiger partial charge in [-0.1, -0.05) is 85.2 Å². The fraction of sp³-hybridized carbons (Fsp3) is 0.692. The molecule has 0 aliphatic carbocycles. The number of hydrogen-bond acceptors (Lipinski definition) is 11. The molecule has 2 N–H and O–H groups in total. The molecule has 66 heavy (non-hydrogen) atoms. The monoisotopic (exact) mass is 922 g/mol. The molecule has 3 amide bonds. The topological polar surface area (TPSA) is 168 Å². The maximum Gasteiger partial charge on any atom is 0.312 e. The standard InChI is InChI=1S/C52H83N5O9/c1-16-34(6)47(43(64-14)30-44(59)57-26-20-23-41(57)49(65-15)35(7)50(62)54-36(8)48(61)38-21-18-17-19-22-38)56(13)51(63)40(32(2)3)29-42(58)46(33(4)5)55(12)31-37-24-25-53-39(27-37)28-45(60)66-52(9,10)11/h17-19,21-22,24-25,27,32-36,40-41,43,46-49,61H,16,20,23,26,28-31H2,1-15H3,(H,54,62)/t34-,35+,36+,40-,41-,43+,46-,47-,48+,49+/m0/s1. The van der Waals surface area contributed by atoms with Crippen LogP contribution in [0.4, 0.5) is 0 Å². The van der Waals surface area contributed by atoms with Gasteiger partial charge in [-0.3, -0.25) is 33.9 Å². The highest BCUT2D eigenvalue weighted by Gasteiger charge is 2.43. The average Bonchev–Trinajstić information content (AvgIpc) is 3.74. The van der Waals surface area contributed by atoms with Crippen molar-refractivity contribution in [1.82, 2.24) is 25.0 Å². The van der Waals surface area contributed by atoms with Crippen molar-refractivity contribution in [2.45, 2.75) is 169 Å². The first-order valence-electron chi connectivity index (χ1n) is 24.0. The van der Waals surface area contributed by atoms with Crippen LogP contribution in [0.2, 0.25) is 0 Å². The van der Waals surface area contributed by atoms with E-state index < -0.39 is 53.9 Å². The lowest BCUT2D eigenvalue weighted by Crippen LogP contribution is -2.54. The number of likely N-dealkylation sites (N-methyl/N-ethyl adjacent to an activating group) is 2. The second kappa shape index (κ2) is 25.8. The number of rotatable bonds is 25. The first-order valence-corrected chi connectivity index (χ1v) is 24.0. The molecule has 3 rings (SSSR count). The van der Waals surface area contributed by atoms with Crippen molar-refractivity contribution in [2.75, 3.05) is 34.9 Å². The van der Waals surface area contributed by atoms with Gasteiger partial charge in [-0.25, -0.2) is 0 Å². The molecule has 1 saturated heterocycles. The van der Waals surface area contributed by atoms with E-state index in [9.17, 15) is 29.1 Å². The highest BCUT2D eigenvalue weighted by Crippen LogP contribution is 2.31. The van der Waals surface area contributed by atoms with Crippen LogP contribution in [0, 0.1) is 29.6 Å². The van der Waals surface area contributed by atoms with Gasteiger partial charge in [-0.15, -0.1) is 0 Å². The molecule has 10 atom stereocenters. The summed E-state index contributed by atoms with van der Waals surface area (Å²) in [4.78, 5) is 79.5. The highest BCUT2D eigenvalue weighted by atomic mass is 16.6. The summed E-state index contributed by atoms with van der Waals surface area (Å²) in [6, 6.07) is 11.0. The summed E-state index contributed by atoms with van der Waals surface area (Å²) in [6.07, 6.45) is 1.73. The third kappa shape index (κ3) is 15.7. The minimum Gasteiger partial charge on any atom is -0.460 e. The van der Waals surface area contributed by atoms with Crippen LogP contribution in [0.25, 0.3) is 0 Å². The minimum atomic E-state index is -0.894. The van der Waals surface area contributed by atoms with Crippen molar-refractivity contribution in [3.05, 3.63) is 65.5 Å². The largest absolute Gasteiger partial charge is 0.460 e. The van der Waals surface area contributed by atoms with E-state index in [2.05, 4.69) is 17.2 Å². The smallest absolute Gasteiger partial charge is 0.312 e. The molecule has 14 heteroatoms. The fourth-order valence-electron chi connectivity index (χ4n) is 9.65. The van der Waals surface area contributed by atoms with E-state index in [-0.39, 0.29) is 72.5 Å². The van der Waals surface area contributed by atoms with Crippen LogP contribution >= 0.6 is 0 Å². The summed E-state index contributed by atoms with van der Waals surface area (Å²) in [6.45, 7) is 22.0. The number of esters is 1. The molecule has 2 aromatic rings. The Balaban J connectivity index is 1.76. The van der Waals surface area contributed by atoms with Crippen molar-refractivity contribution < 1.29 is 43.3 Å². The van der Waals surface area contributed by atoms with E-state index in [1.165, 1.54) is 0 Å². The van der Waals surface area contributed by atoms with E-state index in [1.54, 1.807) is 51.1 Å². The van der Waals surface area contributed by atoms with E-state index in [0.29, 0.717) is 30.8 Å². The maximum absolute atomic E-state index is 14.7. The van der Waals surface area contributed by atoms with Crippen LogP contribution in [-0.4, -0.2) is 131 Å². The second-order valence-corrected chi connectivity index (χ2v) is 20.3. The summed E-state index contributed by atoms with van der Waals surface area (Å²) in [5.41, 5.74) is 1.59. The van der Waals surface area contributed by atoms with Gasteiger partial charge < -0.3 is 34.4 Å². The third-order valence-electron chi connectivity index (χ3n) is 13.3. The molecule has 1 aliphatic rings. The number of ether oxygens (including phenoxy) is 3. The number of Topliss-reactive ketones (excluding diaryl/α,β-unsaturated/α-hetero) is 1. The van der Waals surface area contributed by atoms with Crippen molar-refractivity contribution in [2.24, 2.45) is 29.6 Å². The number of aromatic nitrogens is 1. The van der Waals surface area contributed by atoms with Gasteiger partial charge in [0, 0.05) is 52.9 Å². The number of nitrogens with zero attached hydrogens (tertiary/aromatic N) is 4. The zero-order valence-electron chi connectivity index (χ0n) is 42.7. The SMILES string of the molecule is CC[C@H](C)[C@@H]([C@@H](CC(=O)N1CCC[C@H]1[C@H](OC)[C@@H](C)C(=O)N[C@H](C)[C@@H](O)c1ccccc1)OC)N(C)C(=O)[C@@H](CC(=O)[C@H](C(C)C)N(C)Cc1ccnc(CC(=O)OC(C)(C)C)c1)C(C)C. The lowest BCUT2D eigenvalue weighted by atomic mass is 9.83. The Hall–Kier alpha value is -4.24. The molecule has 1 aromatic heterocycles. The lowest BCUT2D eigenvalue weighted by molar-refractivity contribution is -0.154. The van der Waals surface area contributed by atoms with Crippen LogP contribution in [0.3, 0.4) is 0 Å². The van der Waals surface area contributed by atoms with E-state index in [1.807, 2.05) is 110 Å². The van der Waals surface area contributed by atoms with Crippen molar-refractivity contribution in [3.63, 3.8) is 0 Å². The van der Waals surface area contributed by atoms with Gasteiger partial charge in [0.05, 0.1) is 66.9 Å². The van der Waals surface area contributed by atoms with E-state index in [0.717, 1.165) is 18.4 Å². The molecule has 0 spiro atoms. The summed E-state index contributed by atoms with van der Waals surface area (Å²) >= 11 is 0. The molecule has 14 nitrogen and oxygen atoms in total. The Morgan fingerprint density at radius 1 is 0.924 bits per heavy atom. The Kier molecular flexibility index (Phi) is 21.9. The van der Waals surface area contributed by atoms with E-state index >= 15 is 0 Å². The number of likely N-dealkylation sites (tertiary alicyclic amines) is 1. The molecule has 0 bridgehead atoms. The molecule has 2 heterocycles. The second-order valence-electron chi connectivity index (χ2n) is 20.3. The van der Waals surface area contributed by atoms with Crippen molar-refractivity contribution >= 4 is 29.5 Å². The molecular weight excluding hydrogens is 839 g/mol. The highest BCUT2D eigenvalue weighted by molar-refractivity contribution is 5.90. The number of carbonyl (C=O) groups is 5. The van der Waals surface area contributed by atoms with Gasteiger partial charge in [0.2, 0.25) is 17.7 Å². The number of aliphatic hydroxyl groups is 1. The number of carbonyl (C=O) groups excluding carboxylic acids is 5. The molecule has 1 aromatic carbocycles. The quantitative estimate of drug-likeness (QED) is 0.100. The number of nitrogens with one attached hydrogen (secondary N) is 1. The third-order valence-corrected chi connectivity index (χ3v) is 13.3. The van der Waals surface area contributed by atoms with E-state index in [4.69, 9.17) is 14.2 Å². The van der Waals surface area contributed by atoms with Crippen LogP contribution in [0.15, 0.2) is 48.7 Å². The van der Waals surface area contributed by atoms with Gasteiger partial charge in [-0.2, -0.15) is 0 Å². The Morgan fingerprint density at radius 2 is 1.58 bits per heavy atom. The first kappa shape index (κ1) is 56.1. The predicted molar refractivity (Wildman–Crippen MR) is 257 cm³/mol. The van der Waals surface area contributed by atoms with Crippen LogP contribution in [0.5, 0.6) is 0 Å². The van der Waals surface area contributed by atoms with Gasteiger partial charge in [0.1, 0.15) is 5.60 Å². The predicted octanol–water partition coefficient (Wildman–Crippen LogP) is 6.81. The number of ketones is 1. The Labute approximate surface area is 395 Å². The van der Waals surface area contributed by atoms with Crippen molar-refractivity contribution in [3.8, 4) is 0 Å². The molecule has 1 aliphatic heterocycles. The molecule has 0 saturated carbocycles. The minimum absolute atomic E-state index is 0.0108. The van der Waals surface area contributed by atoms with Gasteiger partial charge >= 0.3 is 5.97 Å². The van der Waals surface area contributed by atoms with Crippen LogP contribution in [-0.2, 0) is 51.1 Å². The molecule has 1 fully saturated rings. The zero-order valence-corrected chi connectivity index (χ0v) is 42.7. The fourth-order valence-corrected chi connectivity index (χ4v) is 9.65. The Morgan fingerprint density at radius 3 is 2.14 bits per heavy atom. The number of pyridine rings is 1. The Bertz CT molecular complexity index is 1870. The van der Waals surface area contributed by atoms with Gasteiger partial charge in [-0.05, 0) is 88.6 Å². The number of benzene rings is 1. The summed E-state index contributed by atoms with van der Waals surface area (Å²) in [5, 5.41) is 13.9. The summed E-state index contributed by atoms with van der Waals surface area (Å²) in [7, 11) is 6.79. The molecular formula is C52H83N5O9. The van der Waals surface area contributed by atoms with Gasteiger partial charge in [0.25, 0.3) is 0 Å². The maximum atomic E-state index is 14.7. The van der Waals surface area contributed by atoms with Crippen LogP contribution < -0.4 is 5.32 Å². The lowest BCUT2D eigenvalue weighted by Gasteiger charge is -2.41. The number of hydrogen-bond donors (Lipinski definition) is 2. The normalized spacial score (nSPS) is 18.5. The van der Waals surface area contributed by atoms with Gasteiger partial charge in [0.15, 0.2) is 5.78 Å². The first-order chi connectivity index (χ1) is 30.9. The van der Waals surface area contributed by atoms with Crippen molar-refractivity contribution in [1.29, 1.82) is 0 Å². The summed E-state index contributed by atoms with van der Waals surface area (Å²) in [5.74, 6) is -2.49. The number of amides is 3. The van der Waals surface area contributed by atoms with Crippen LogP contribution in [0.1, 0.15) is 131 Å².